The molecule has 0 radical (unpaired) electrons. The van der Waals surface area contributed by atoms with Crippen LogP contribution in [0.25, 0.3) is 16.6 Å². The Labute approximate surface area is 208 Å². The quantitative estimate of drug-likeness (QED) is 0.379. The molecule has 0 amide bonds. The highest BCUT2D eigenvalue weighted by Crippen LogP contribution is 2.23. The Hall–Kier alpha value is -3.26. The molecule has 0 unspecified atom stereocenters. The number of hydrogen-bond acceptors (Lipinski definition) is 5. The van der Waals surface area contributed by atoms with Crippen LogP contribution in [-0.4, -0.2) is 51.1 Å². The number of hydrogen-bond donors (Lipinski definition) is 0. The van der Waals surface area contributed by atoms with Crippen LogP contribution >= 0.6 is 11.6 Å². The summed E-state index contributed by atoms with van der Waals surface area (Å²) in [6.07, 6.45) is 0. The van der Waals surface area contributed by atoms with Crippen LogP contribution in [0.4, 0.5) is 0 Å². The van der Waals surface area contributed by atoms with Crippen molar-refractivity contribution in [2.45, 2.75) is 26.9 Å². The van der Waals surface area contributed by atoms with Crippen molar-refractivity contribution in [1.82, 2.24) is 19.0 Å². The molecule has 0 N–H and O–H groups in total. The van der Waals surface area contributed by atoms with Crippen LogP contribution in [0.15, 0.2) is 59.4 Å². The Morgan fingerprint density at radius 1 is 1.06 bits per heavy atom. The van der Waals surface area contributed by atoms with Gasteiger partial charge in [0.1, 0.15) is 5.82 Å². The first-order valence-electron chi connectivity index (χ1n) is 11.7. The summed E-state index contributed by atoms with van der Waals surface area (Å²) < 4.78 is 9.02. The molecule has 5 rings (SSSR count). The van der Waals surface area contributed by atoms with Gasteiger partial charge in [0.2, 0.25) is 0 Å². The summed E-state index contributed by atoms with van der Waals surface area (Å²) in [5.41, 5.74) is 3.73. The summed E-state index contributed by atoms with van der Waals surface area (Å²) in [6.45, 7) is 7.12. The number of aromatic nitrogens is 3. The van der Waals surface area contributed by atoms with E-state index in [1.54, 1.807) is 6.07 Å². The second kappa shape index (κ2) is 9.77. The summed E-state index contributed by atoms with van der Waals surface area (Å²) in [6, 6.07) is 16.7. The topological polar surface area (TPSA) is 69.4 Å². The van der Waals surface area contributed by atoms with Crippen molar-refractivity contribution in [3.05, 3.63) is 92.7 Å². The van der Waals surface area contributed by atoms with Gasteiger partial charge in [-0.25, -0.2) is 4.98 Å². The van der Waals surface area contributed by atoms with E-state index in [2.05, 4.69) is 4.90 Å². The van der Waals surface area contributed by atoms with Gasteiger partial charge in [0, 0.05) is 40.8 Å². The molecule has 1 aliphatic rings. The van der Waals surface area contributed by atoms with Gasteiger partial charge in [0.05, 0.1) is 37.2 Å². The number of benzene rings is 2. The molecule has 180 valence electrons. The smallest absolute Gasteiger partial charge is 0.261 e. The number of ketones is 1. The van der Waals surface area contributed by atoms with E-state index >= 15 is 0 Å². The van der Waals surface area contributed by atoms with Crippen molar-refractivity contribution in [3.63, 3.8) is 0 Å². The molecule has 7 nitrogen and oxygen atoms in total. The fourth-order valence-corrected chi connectivity index (χ4v) is 4.84. The van der Waals surface area contributed by atoms with E-state index in [0.29, 0.717) is 47.1 Å². The zero-order valence-electron chi connectivity index (χ0n) is 19.8. The molecule has 1 fully saturated rings. The Bertz CT molecular complexity index is 1450. The number of rotatable bonds is 6. The highest BCUT2D eigenvalue weighted by molar-refractivity contribution is 6.30. The fourth-order valence-electron chi connectivity index (χ4n) is 4.72. The molecule has 2 aromatic heterocycles. The summed E-state index contributed by atoms with van der Waals surface area (Å²) in [5.74, 6) is 0.469. The Kier molecular flexibility index (Phi) is 6.56. The molecule has 0 bridgehead atoms. The number of nitrogens with zero attached hydrogens (tertiary/aromatic N) is 4. The molecular weight excluding hydrogens is 464 g/mol. The number of carbonyl (C=O) groups is 1. The van der Waals surface area contributed by atoms with Gasteiger partial charge >= 0.3 is 0 Å². The van der Waals surface area contributed by atoms with Gasteiger partial charge in [-0.3, -0.25) is 19.1 Å². The average molecular weight is 491 g/mol. The normalized spacial score (nSPS) is 14.5. The third kappa shape index (κ3) is 4.67. The minimum Gasteiger partial charge on any atom is -0.379 e. The number of halogens is 1. The molecule has 0 spiro atoms. The van der Waals surface area contributed by atoms with Crippen molar-refractivity contribution >= 4 is 28.3 Å². The molecule has 0 aliphatic carbocycles. The molecule has 0 saturated carbocycles. The number of carbonyl (C=O) groups excluding carboxylic acids is 1. The maximum Gasteiger partial charge on any atom is 0.261 e. The zero-order valence-corrected chi connectivity index (χ0v) is 20.6. The monoisotopic (exact) mass is 490 g/mol. The van der Waals surface area contributed by atoms with Crippen LogP contribution in [0.1, 0.15) is 27.6 Å². The number of morpholine rings is 1. The van der Waals surface area contributed by atoms with E-state index in [-0.39, 0.29) is 17.9 Å². The van der Waals surface area contributed by atoms with Crippen LogP contribution < -0.4 is 5.56 Å². The minimum absolute atomic E-state index is 0.0682. The van der Waals surface area contributed by atoms with Crippen LogP contribution in [0.5, 0.6) is 0 Å². The predicted octanol–water partition coefficient (Wildman–Crippen LogP) is 4.17. The molecule has 3 heterocycles. The highest BCUT2D eigenvalue weighted by Gasteiger charge is 2.21. The predicted molar refractivity (Wildman–Crippen MR) is 137 cm³/mol. The van der Waals surface area contributed by atoms with Crippen molar-refractivity contribution in [1.29, 1.82) is 0 Å². The SMILES string of the molecule is Cc1cc(C(=O)Cn2c(CN3CCOCC3)nc3ccccc3c2=O)c(C)n1-c1ccc(Cl)cc1. The van der Waals surface area contributed by atoms with Crippen LogP contribution in [0.2, 0.25) is 5.02 Å². The van der Waals surface area contributed by atoms with Gasteiger partial charge in [-0.2, -0.15) is 0 Å². The van der Waals surface area contributed by atoms with Gasteiger partial charge in [-0.1, -0.05) is 23.7 Å². The van der Waals surface area contributed by atoms with E-state index in [1.165, 1.54) is 4.57 Å². The number of ether oxygens (including phenoxy) is 1. The van der Waals surface area contributed by atoms with Gasteiger partial charge in [-0.05, 0) is 56.3 Å². The van der Waals surface area contributed by atoms with E-state index < -0.39 is 0 Å². The maximum absolute atomic E-state index is 13.6. The maximum atomic E-state index is 13.6. The molecule has 8 heteroatoms. The van der Waals surface area contributed by atoms with E-state index in [4.69, 9.17) is 21.3 Å². The lowest BCUT2D eigenvalue weighted by atomic mass is 10.1. The lowest BCUT2D eigenvalue weighted by Crippen LogP contribution is -2.38. The molecule has 0 atom stereocenters. The first kappa shape index (κ1) is 23.5. The zero-order chi connectivity index (χ0) is 24.5. The number of Topliss-reactive ketones (excluding diaryl/α,β-unsaturated/α-hetero) is 1. The second-order valence-electron chi connectivity index (χ2n) is 8.84. The van der Waals surface area contributed by atoms with Crippen LogP contribution in [0, 0.1) is 13.8 Å². The van der Waals surface area contributed by atoms with E-state index in [1.807, 2.05) is 66.9 Å². The third-order valence-corrected chi connectivity index (χ3v) is 6.78. The van der Waals surface area contributed by atoms with Gasteiger partial charge < -0.3 is 9.30 Å². The second-order valence-corrected chi connectivity index (χ2v) is 9.28. The summed E-state index contributed by atoms with van der Waals surface area (Å²) in [5, 5.41) is 1.17. The van der Waals surface area contributed by atoms with Crippen molar-refractivity contribution in [3.8, 4) is 5.69 Å². The lowest BCUT2D eigenvalue weighted by molar-refractivity contribution is 0.0324. The van der Waals surface area contributed by atoms with Gasteiger partial charge in [0.15, 0.2) is 5.78 Å². The number of aryl methyl sites for hydroxylation is 1. The van der Waals surface area contributed by atoms with Crippen LogP contribution in [0.3, 0.4) is 0 Å². The van der Waals surface area contributed by atoms with E-state index in [9.17, 15) is 9.59 Å². The molecule has 35 heavy (non-hydrogen) atoms. The van der Waals surface area contributed by atoms with Gasteiger partial charge in [-0.15, -0.1) is 0 Å². The lowest BCUT2D eigenvalue weighted by Gasteiger charge is -2.27. The Morgan fingerprint density at radius 2 is 1.77 bits per heavy atom. The minimum atomic E-state index is -0.196. The summed E-state index contributed by atoms with van der Waals surface area (Å²) >= 11 is 6.05. The Morgan fingerprint density at radius 3 is 2.51 bits per heavy atom. The molecule has 1 saturated heterocycles. The molecule has 4 aromatic rings. The number of fused-ring (bicyclic) bond motifs is 1. The standard InChI is InChI=1S/C27H27ClN4O3/c1-18-15-23(19(2)32(18)21-9-7-20(28)8-10-21)25(33)16-31-26(17-30-11-13-35-14-12-30)29-24-6-4-3-5-22(24)27(31)34/h3-10,15H,11-14,16-17H2,1-2H3. The summed E-state index contributed by atoms with van der Waals surface area (Å²) in [4.78, 5) is 34.0. The third-order valence-electron chi connectivity index (χ3n) is 6.53. The largest absolute Gasteiger partial charge is 0.379 e. The van der Waals surface area contributed by atoms with Gasteiger partial charge in [0.25, 0.3) is 5.56 Å². The van der Waals surface area contributed by atoms with Crippen molar-refractivity contribution in [2.24, 2.45) is 0 Å². The highest BCUT2D eigenvalue weighted by atomic mass is 35.5. The fraction of sp³-hybridized carbons (Fsp3) is 0.296. The number of para-hydroxylation sites is 1. The van der Waals surface area contributed by atoms with Crippen molar-refractivity contribution < 1.29 is 9.53 Å². The first-order valence-corrected chi connectivity index (χ1v) is 12.1. The average Bonchev–Trinajstić information content (AvgIpc) is 3.16. The molecule has 2 aromatic carbocycles. The molecular formula is C27H27ClN4O3. The Balaban J connectivity index is 1.52. The van der Waals surface area contributed by atoms with Crippen LogP contribution in [-0.2, 0) is 17.8 Å². The molecule has 1 aliphatic heterocycles. The van der Waals surface area contributed by atoms with Crippen molar-refractivity contribution in [2.75, 3.05) is 26.3 Å². The summed E-state index contributed by atoms with van der Waals surface area (Å²) in [7, 11) is 0. The van der Waals surface area contributed by atoms with E-state index in [0.717, 1.165) is 30.2 Å². The first-order chi connectivity index (χ1) is 16.9.